The lowest BCUT2D eigenvalue weighted by Crippen LogP contribution is -2.39. The van der Waals surface area contributed by atoms with E-state index in [-0.39, 0.29) is 23.4 Å². The first-order chi connectivity index (χ1) is 14.9. The standard InChI is InChI=1S/C21H20ClN3O4S2/c1-2-9-25-18-10-14(7-8-19(18)29-11-20(25)26)17-12-30-21(23-17)24-31(27,28)13-15-5-3-4-6-16(15)22/h3-8,10,12H,2,9,11,13H2,1H3,(H,23,24). The quantitative estimate of drug-likeness (QED) is 0.539. The van der Waals surface area contributed by atoms with Gasteiger partial charge in [-0.05, 0) is 36.2 Å². The molecule has 3 aromatic rings. The van der Waals surface area contributed by atoms with Crippen LogP contribution in [0.1, 0.15) is 18.9 Å². The molecule has 1 aromatic heterocycles. The molecule has 10 heteroatoms. The van der Waals surface area contributed by atoms with Crippen LogP contribution in [0.5, 0.6) is 5.75 Å². The highest BCUT2D eigenvalue weighted by molar-refractivity contribution is 7.92. The predicted octanol–water partition coefficient (Wildman–Crippen LogP) is 4.54. The Morgan fingerprint density at radius 3 is 2.84 bits per heavy atom. The second-order valence-corrected chi connectivity index (χ2v) is 9.99. The second-order valence-electron chi connectivity index (χ2n) is 7.01. The van der Waals surface area contributed by atoms with E-state index in [4.69, 9.17) is 16.3 Å². The molecule has 7 nitrogen and oxygen atoms in total. The van der Waals surface area contributed by atoms with Crippen molar-refractivity contribution in [1.29, 1.82) is 0 Å². The van der Waals surface area contributed by atoms with Crippen molar-refractivity contribution < 1.29 is 17.9 Å². The maximum atomic E-state index is 12.5. The number of anilines is 2. The van der Waals surface area contributed by atoms with Gasteiger partial charge in [0.25, 0.3) is 5.91 Å². The summed E-state index contributed by atoms with van der Waals surface area (Å²) >= 11 is 7.27. The van der Waals surface area contributed by atoms with Crippen molar-refractivity contribution >= 4 is 49.7 Å². The van der Waals surface area contributed by atoms with Crippen molar-refractivity contribution in [3.05, 3.63) is 58.4 Å². The normalized spacial score (nSPS) is 13.6. The smallest absolute Gasteiger partial charge is 0.265 e. The van der Waals surface area contributed by atoms with Crippen LogP contribution in [0.15, 0.2) is 47.8 Å². The number of aromatic nitrogens is 1. The molecule has 1 N–H and O–H groups in total. The highest BCUT2D eigenvalue weighted by Crippen LogP contribution is 2.37. The van der Waals surface area contributed by atoms with Crippen LogP contribution < -0.4 is 14.4 Å². The number of halogens is 1. The first-order valence-electron chi connectivity index (χ1n) is 9.63. The number of rotatable bonds is 7. The molecule has 2 aromatic carbocycles. The van der Waals surface area contributed by atoms with E-state index in [1.165, 1.54) is 11.3 Å². The maximum Gasteiger partial charge on any atom is 0.265 e. The first-order valence-corrected chi connectivity index (χ1v) is 12.5. The molecule has 31 heavy (non-hydrogen) atoms. The average Bonchev–Trinajstić information content (AvgIpc) is 3.19. The summed E-state index contributed by atoms with van der Waals surface area (Å²) in [4.78, 5) is 18.4. The molecule has 0 atom stereocenters. The van der Waals surface area contributed by atoms with Gasteiger partial charge in [-0.3, -0.25) is 9.52 Å². The van der Waals surface area contributed by atoms with Crippen LogP contribution in [0.3, 0.4) is 0 Å². The number of ether oxygens (including phenoxy) is 1. The van der Waals surface area contributed by atoms with E-state index in [1.807, 2.05) is 19.1 Å². The molecule has 0 spiro atoms. The topological polar surface area (TPSA) is 88.6 Å². The minimum atomic E-state index is -3.68. The van der Waals surface area contributed by atoms with Crippen molar-refractivity contribution in [2.24, 2.45) is 0 Å². The Morgan fingerprint density at radius 1 is 1.26 bits per heavy atom. The summed E-state index contributed by atoms with van der Waals surface area (Å²) in [6.07, 6.45) is 0.823. The van der Waals surface area contributed by atoms with Gasteiger partial charge in [0.05, 0.1) is 17.1 Å². The number of thiazole rings is 1. The second kappa shape index (κ2) is 8.86. The number of nitrogens with zero attached hydrogens (tertiary/aromatic N) is 2. The monoisotopic (exact) mass is 477 g/mol. The number of hydrogen-bond acceptors (Lipinski definition) is 6. The fraction of sp³-hybridized carbons (Fsp3) is 0.238. The molecule has 0 fully saturated rings. The number of benzene rings is 2. The van der Waals surface area contributed by atoms with Gasteiger partial charge >= 0.3 is 0 Å². The largest absolute Gasteiger partial charge is 0.482 e. The Hall–Kier alpha value is -2.62. The SMILES string of the molecule is CCCN1C(=O)COc2ccc(-c3csc(NS(=O)(=O)Cc4ccccc4Cl)n3)cc21. The number of carbonyl (C=O) groups excluding carboxylic acids is 1. The molecule has 0 unspecified atom stereocenters. The Kier molecular flexibility index (Phi) is 6.17. The van der Waals surface area contributed by atoms with Crippen LogP contribution in [0.25, 0.3) is 11.3 Å². The molecule has 0 saturated heterocycles. The van der Waals surface area contributed by atoms with Crippen molar-refractivity contribution in [2.75, 3.05) is 22.8 Å². The Bertz CT molecular complexity index is 1230. The van der Waals surface area contributed by atoms with Crippen molar-refractivity contribution in [1.82, 2.24) is 4.98 Å². The third-order valence-corrected chi connectivity index (χ3v) is 7.15. The zero-order valence-corrected chi connectivity index (χ0v) is 19.1. The lowest BCUT2D eigenvalue weighted by atomic mass is 10.1. The number of carbonyl (C=O) groups is 1. The van der Waals surface area contributed by atoms with Crippen LogP contribution in [-0.2, 0) is 20.6 Å². The summed E-state index contributed by atoms with van der Waals surface area (Å²) in [6.45, 7) is 2.64. The number of hydrogen-bond donors (Lipinski definition) is 1. The fourth-order valence-electron chi connectivity index (χ4n) is 3.27. The number of amides is 1. The summed E-state index contributed by atoms with van der Waals surface area (Å²) in [5, 5.41) is 2.43. The van der Waals surface area contributed by atoms with E-state index in [0.29, 0.717) is 34.3 Å². The first kappa shape index (κ1) is 21.6. The summed E-state index contributed by atoms with van der Waals surface area (Å²) in [7, 11) is -3.68. The van der Waals surface area contributed by atoms with E-state index in [1.54, 1.807) is 40.6 Å². The molecule has 0 aliphatic carbocycles. The van der Waals surface area contributed by atoms with Gasteiger partial charge < -0.3 is 9.64 Å². The lowest BCUT2D eigenvalue weighted by Gasteiger charge is -2.29. The molecule has 0 radical (unpaired) electrons. The third kappa shape index (κ3) is 4.84. The van der Waals surface area contributed by atoms with Crippen LogP contribution in [-0.4, -0.2) is 32.5 Å². The minimum Gasteiger partial charge on any atom is -0.482 e. The summed E-state index contributed by atoms with van der Waals surface area (Å²) in [5.74, 6) is 0.316. The Balaban J connectivity index is 1.55. The molecular formula is C21H20ClN3O4S2. The van der Waals surface area contributed by atoms with E-state index in [9.17, 15) is 13.2 Å². The number of nitrogens with one attached hydrogen (secondary N) is 1. The van der Waals surface area contributed by atoms with Gasteiger partial charge in [-0.2, -0.15) is 0 Å². The van der Waals surface area contributed by atoms with Crippen molar-refractivity contribution in [3.8, 4) is 17.0 Å². The number of fused-ring (bicyclic) bond motifs is 1. The van der Waals surface area contributed by atoms with Gasteiger partial charge in [0, 0.05) is 22.5 Å². The Morgan fingerprint density at radius 2 is 2.06 bits per heavy atom. The van der Waals surface area contributed by atoms with Gasteiger partial charge in [0.1, 0.15) is 5.75 Å². The summed E-state index contributed by atoms with van der Waals surface area (Å²) < 4.78 is 33.1. The van der Waals surface area contributed by atoms with Crippen LogP contribution >= 0.6 is 22.9 Å². The third-order valence-electron chi connectivity index (χ3n) is 4.70. The zero-order valence-electron chi connectivity index (χ0n) is 16.7. The maximum absolute atomic E-state index is 12.5. The van der Waals surface area contributed by atoms with Crippen LogP contribution in [0.4, 0.5) is 10.8 Å². The number of sulfonamides is 1. The van der Waals surface area contributed by atoms with Gasteiger partial charge in [-0.25, -0.2) is 13.4 Å². The molecule has 162 valence electrons. The van der Waals surface area contributed by atoms with Gasteiger partial charge in [0.15, 0.2) is 11.7 Å². The van der Waals surface area contributed by atoms with Crippen LogP contribution in [0, 0.1) is 0 Å². The van der Waals surface area contributed by atoms with Gasteiger partial charge in [-0.15, -0.1) is 11.3 Å². The summed E-state index contributed by atoms with van der Waals surface area (Å²) in [6, 6.07) is 12.3. The molecule has 2 heterocycles. The molecule has 1 aliphatic heterocycles. The average molecular weight is 478 g/mol. The molecular weight excluding hydrogens is 458 g/mol. The van der Waals surface area contributed by atoms with E-state index >= 15 is 0 Å². The van der Waals surface area contributed by atoms with Crippen molar-refractivity contribution in [3.63, 3.8) is 0 Å². The van der Waals surface area contributed by atoms with Crippen molar-refractivity contribution in [2.45, 2.75) is 19.1 Å². The molecule has 1 amide bonds. The highest BCUT2D eigenvalue weighted by atomic mass is 35.5. The van der Waals surface area contributed by atoms with Crippen LogP contribution in [0.2, 0.25) is 5.02 Å². The fourth-order valence-corrected chi connectivity index (χ4v) is 5.74. The minimum absolute atomic E-state index is 0.0282. The lowest BCUT2D eigenvalue weighted by molar-refractivity contribution is -0.121. The van der Waals surface area contributed by atoms with E-state index in [2.05, 4.69) is 9.71 Å². The zero-order chi connectivity index (χ0) is 22.0. The molecule has 1 aliphatic rings. The molecule has 0 saturated carbocycles. The molecule has 4 rings (SSSR count). The predicted molar refractivity (Wildman–Crippen MR) is 123 cm³/mol. The van der Waals surface area contributed by atoms with E-state index in [0.717, 1.165) is 12.0 Å². The Labute approximate surface area is 189 Å². The van der Waals surface area contributed by atoms with Gasteiger partial charge in [-0.1, -0.05) is 36.7 Å². The highest BCUT2D eigenvalue weighted by Gasteiger charge is 2.25. The van der Waals surface area contributed by atoms with Gasteiger partial charge in [0.2, 0.25) is 10.0 Å². The molecule has 0 bridgehead atoms. The van der Waals surface area contributed by atoms with E-state index < -0.39 is 10.0 Å². The summed E-state index contributed by atoms with van der Waals surface area (Å²) in [5.41, 5.74) is 2.59.